The van der Waals surface area contributed by atoms with Gasteiger partial charge in [0.05, 0.1) is 12.7 Å². The van der Waals surface area contributed by atoms with E-state index in [1.807, 2.05) is 6.26 Å². The number of aromatic nitrogens is 3. The summed E-state index contributed by atoms with van der Waals surface area (Å²) in [5, 5.41) is 12.2. The molecule has 0 spiro atoms. The van der Waals surface area contributed by atoms with E-state index in [9.17, 15) is 9.18 Å². The van der Waals surface area contributed by atoms with Crippen LogP contribution in [0.4, 0.5) is 4.39 Å². The fourth-order valence-corrected chi connectivity index (χ4v) is 3.13. The third-order valence-corrected chi connectivity index (χ3v) is 4.46. The first-order valence-electron chi connectivity index (χ1n) is 8.54. The normalized spacial score (nSPS) is 11.0. The number of thioether (sulfide) groups is 1. The SMILES string of the molecule is COc1ccc(F)cc1C(=O)NCCCc1nnc(SC)n1CC(C)C. The molecule has 6 nitrogen and oxygen atoms in total. The molecule has 2 aromatic rings. The highest BCUT2D eigenvalue weighted by molar-refractivity contribution is 7.98. The van der Waals surface area contributed by atoms with Gasteiger partial charge >= 0.3 is 0 Å². The van der Waals surface area contributed by atoms with Gasteiger partial charge in [-0.1, -0.05) is 25.6 Å². The molecule has 0 aliphatic carbocycles. The highest BCUT2D eigenvalue weighted by Gasteiger charge is 2.14. The van der Waals surface area contributed by atoms with Gasteiger partial charge in [-0.3, -0.25) is 4.79 Å². The van der Waals surface area contributed by atoms with E-state index in [0.29, 0.717) is 31.1 Å². The summed E-state index contributed by atoms with van der Waals surface area (Å²) in [6, 6.07) is 3.89. The van der Waals surface area contributed by atoms with Crippen LogP contribution >= 0.6 is 11.8 Å². The van der Waals surface area contributed by atoms with Gasteiger partial charge in [0.2, 0.25) is 0 Å². The number of nitrogens with zero attached hydrogens (tertiary/aromatic N) is 3. The van der Waals surface area contributed by atoms with Crippen molar-refractivity contribution in [2.24, 2.45) is 5.92 Å². The Morgan fingerprint density at radius 1 is 1.38 bits per heavy atom. The number of methoxy groups -OCH3 is 1. The van der Waals surface area contributed by atoms with Crippen LogP contribution in [0.2, 0.25) is 0 Å². The van der Waals surface area contributed by atoms with Crippen molar-refractivity contribution in [3.05, 3.63) is 35.4 Å². The Kier molecular flexibility index (Phi) is 7.44. The fourth-order valence-electron chi connectivity index (χ4n) is 2.60. The molecule has 0 saturated heterocycles. The van der Waals surface area contributed by atoms with E-state index in [2.05, 4.69) is 33.9 Å². The lowest BCUT2D eigenvalue weighted by Crippen LogP contribution is -2.25. The van der Waals surface area contributed by atoms with Crippen LogP contribution in [-0.4, -0.2) is 40.6 Å². The molecule has 2 rings (SSSR count). The average molecular weight is 380 g/mol. The van der Waals surface area contributed by atoms with Crippen LogP contribution < -0.4 is 10.1 Å². The number of ether oxygens (including phenoxy) is 1. The molecule has 1 aromatic carbocycles. The van der Waals surface area contributed by atoms with Crippen molar-refractivity contribution >= 4 is 17.7 Å². The van der Waals surface area contributed by atoms with Gasteiger partial charge in [-0.05, 0) is 36.8 Å². The predicted molar refractivity (Wildman–Crippen MR) is 100 cm³/mol. The number of amides is 1. The smallest absolute Gasteiger partial charge is 0.255 e. The van der Waals surface area contributed by atoms with Crippen molar-refractivity contribution in [1.29, 1.82) is 0 Å². The molecule has 1 aromatic heterocycles. The quantitative estimate of drug-likeness (QED) is 0.535. The van der Waals surface area contributed by atoms with Crippen molar-refractivity contribution in [1.82, 2.24) is 20.1 Å². The van der Waals surface area contributed by atoms with Gasteiger partial charge in [0, 0.05) is 19.5 Å². The number of hydrogen-bond acceptors (Lipinski definition) is 5. The molecule has 0 fully saturated rings. The number of benzene rings is 1. The first-order chi connectivity index (χ1) is 12.5. The maximum absolute atomic E-state index is 13.4. The molecule has 26 heavy (non-hydrogen) atoms. The van der Waals surface area contributed by atoms with Gasteiger partial charge in [0.25, 0.3) is 5.91 Å². The van der Waals surface area contributed by atoms with Gasteiger partial charge in [-0.15, -0.1) is 10.2 Å². The van der Waals surface area contributed by atoms with Crippen LogP contribution in [0, 0.1) is 11.7 Å². The Morgan fingerprint density at radius 3 is 2.81 bits per heavy atom. The summed E-state index contributed by atoms with van der Waals surface area (Å²) in [4.78, 5) is 12.3. The first-order valence-corrected chi connectivity index (χ1v) is 9.76. The predicted octanol–water partition coefficient (Wildman–Crippen LogP) is 3.17. The third kappa shape index (κ3) is 5.20. The molecule has 8 heteroatoms. The van der Waals surface area contributed by atoms with Gasteiger partial charge in [-0.2, -0.15) is 0 Å². The summed E-state index contributed by atoms with van der Waals surface area (Å²) >= 11 is 1.58. The molecule has 0 atom stereocenters. The summed E-state index contributed by atoms with van der Waals surface area (Å²) in [7, 11) is 1.45. The minimum Gasteiger partial charge on any atom is -0.496 e. The summed E-state index contributed by atoms with van der Waals surface area (Å²) in [6.45, 7) is 5.63. The van der Waals surface area contributed by atoms with Crippen LogP contribution in [0.3, 0.4) is 0 Å². The number of rotatable bonds is 9. The van der Waals surface area contributed by atoms with E-state index >= 15 is 0 Å². The zero-order chi connectivity index (χ0) is 19.1. The second kappa shape index (κ2) is 9.56. The second-order valence-electron chi connectivity index (χ2n) is 6.31. The van der Waals surface area contributed by atoms with Gasteiger partial charge in [0.15, 0.2) is 5.16 Å². The van der Waals surface area contributed by atoms with E-state index in [4.69, 9.17) is 4.74 Å². The van der Waals surface area contributed by atoms with Crippen molar-refractivity contribution < 1.29 is 13.9 Å². The maximum atomic E-state index is 13.4. The number of hydrogen-bond donors (Lipinski definition) is 1. The maximum Gasteiger partial charge on any atom is 0.255 e. The Bertz CT molecular complexity index is 749. The minimum absolute atomic E-state index is 0.195. The lowest BCUT2D eigenvalue weighted by Gasteiger charge is -2.12. The topological polar surface area (TPSA) is 69.0 Å². The molecule has 0 unspecified atom stereocenters. The molecule has 1 heterocycles. The molecule has 0 aliphatic rings. The zero-order valence-corrected chi connectivity index (χ0v) is 16.4. The number of halogens is 1. The minimum atomic E-state index is -0.470. The largest absolute Gasteiger partial charge is 0.496 e. The van der Waals surface area contributed by atoms with Gasteiger partial charge < -0.3 is 14.6 Å². The van der Waals surface area contributed by atoms with E-state index in [-0.39, 0.29) is 11.5 Å². The highest BCUT2D eigenvalue weighted by atomic mass is 32.2. The molecule has 0 bridgehead atoms. The van der Waals surface area contributed by atoms with Crippen LogP contribution in [0.15, 0.2) is 23.4 Å². The summed E-state index contributed by atoms with van der Waals surface area (Å²) < 4.78 is 20.6. The van der Waals surface area contributed by atoms with Crippen LogP contribution in [-0.2, 0) is 13.0 Å². The fraction of sp³-hybridized carbons (Fsp3) is 0.500. The van der Waals surface area contributed by atoms with E-state index in [1.54, 1.807) is 11.8 Å². The Hall–Kier alpha value is -2.09. The summed E-state index contributed by atoms with van der Waals surface area (Å²) in [6.07, 6.45) is 3.41. The molecule has 1 amide bonds. The Labute approximate surface area is 157 Å². The molecular weight excluding hydrogens is 355 g/mol. The highest BCUT2D eigenvalue weighted by Crippen LogP contribution is 2.19. The molecule has 1 N–H and O–H groups in total. The average Bonchev–Trinajstić information content (AvgIpc) is 2.99. The number of carbonyl (C=O) groups excluding carboxylic acids is 1. The van der Waals surface area contributed by atoms with E-state index in [0.717, 1.165) is 17.5 Å². The van der Waals surface area contributed by atoms with Crippen LogP contribution in [0.1, 0.15) is 36.5 Å². The molecule has 142 valence electrons. The third-order valence-electron chi connectivity index (χ3n) is 3.79. The first kappa shape index (κ1) is 20.2. The van der Waals surface area contributed by atoms with Crippen molar-refractivity contribution in [3.8, 4) is 5.75 Å². The second-order valence-corrected chi connectivity index (χ2v) is 7.08. The molecule has 0 radical (unpaired) electrons. The molecular formula is C18H25FN4O2S. The van der Waals surface area contributed by atoms with Gasteiger partial charge in [-0.25, -0.2) is 4.39 Å². The Balaban J connectivity index is 1.92. The molecule has 0 saturated carbocycles. The summed E-state index contributed by atoms with van der Waals surface area (Å²) in [5.41, 5.74) is 0.195. The van der Waals surface area contributed by atoms with E-state index in [1.165, 1.54) is 25.3 Å². The zero-order valence-electron chi connectivity index (χ0n) is 15.6. The Morgan fingerprint density at radius 2 is 2.15 bits per heavy atom. The standard InChI is InChI=1S/C18H25FN4O2S/c1-12(2)11-23-16(21-22-18(23)26-4)6-5-9-20-17(24)14-10-13(19)7-8-15(14)25-3/h7-8,10,12H,5-6,9,11H2,1-4H3,(H,20,24). The van der Waals surface area contributed by atoms with E-state index < -0.39 is 5.82 Å². The summed E-state index contributed by atoms with van der Waals surface area (Å²) in [5.74, 6) is 0.943. The lowest BCUT2D eigenvalue weighted by molar-refractivity contribution is 0.0949. The van der Waals surface area contributed by atoms with Crippen molar-refractivity contribution in [3.63, 3.8) is 0 Å². The monoisotopic (exact) mass is 380 g/mol. The lowest BCUT2D eigenvalue weighted by atomic mass is 10.1. The molecule has 0 aliphatic heterocycles. The number of carbonyl (C=O) groups is 1. The van der Waals surface area contributed by atoms with Crippen molar-refractivity contribution in [2.75, 3.05) is 19.9 Å². The van der Waals surface area contributed by atoms with Crippen LogP contribution in [0.25, 0.3) is 0 Å². The number of aryl methyl sites for hydroxylation is 1. The van der Waals surface area contributed by atoms with Crippen LogP contribution in [0.5, 0.6) is 5.75 Å². The number of nitrogens with one attached hydrogen (secondary N) is 1. The van der Waals surface area contributed by atoms with Gasteiger partial charge in [0.1, 0.15) is 17.4 Å². The van der Waals surface area contributed by atoms with Crippen molar-refractivity contribution in [2.45, 2.75) is 38.4 Å².